The predicted octanol–water partition coefficient (Wildman–Crippen LogP) is 2.06. The minimum Gasteiger partial charge on any atom is -0.505 e. The number of aromatic nitrogens is 1. The third-order valence-corrected chi connectivity index (χ3v) is 2.20. The number of aromatic hydroxyl groups is 1. The summed E-state index contributed by atoms with van der Waals surface area (Å²) in [4.78, 5) is 15.0. The molecule has 0 bridgehead atoms. The molecule has 0 spiro atoms. The Morgan fingerprint density at radius 2 is 2.07 bits per heavy atom. The molecule has 0 aliphatic rings. The van der Waals surface area contributed by atoms with Crippen LogP contribution in [0.5, 0.6) is 5.75 Å². The zero-order chi connectivity index (χ0) is 10.1. The standard InChI is InChI=1S/C11H9NO2/c1-7-11(14)9(6-13)8-4-2-3-5-10(8)12-7/h2-6,14H,1H3. The number of benzene rings is 1. The highest BCUT2D eigenvalue weighted by Gasteiger charge is 2.09. The van der Waals surface area contributed by atoms with Crippen molar-refractivity contribution in [3.63, 3.8) is 0 Å². The van der Waals surface area contributed by atoms with Gasteiger partial charge in [-0.1, -0.05) is 18.2 Å². The van der Waals surface area contributed by atoms with Gasteiger partial charge in [-0.2, -0.15) is 0 Å². The first-order valence-electron chi connectivity index (χ1n) is 4.27. The number of rotatable bonds is 1. The van der Waals surface area contributed by atoms with Gasteiger partial charge in [0.1, 0.15) is 5.75 Å². The lowest BCUT2D eigenvalue weighted by molar-refractivity contribution is 0.112. The van der Waals surface area contributed by atoms with Crippen LogP contribution in [0.1, 0.15) is 16.1 Å². The van der Waals surface area contributed by atoms with Crippen molar-refractivity contribution in [3.05, 3.63) is 35.5 Å². The van der Waals surface area contributed by atoms with E-state index in [0.29, 0.717) is 22.9 Å². The van der Waals surface area contributed by atoms with Gasteiger partial charge in [0.15, 0.2) is 6.29 Å². The first-order chi connectivity index (χ1) is 6.74. The van der Waals surface area contributed by atoms with Gasteiger partial charge in [-0.15, -0.1) is 0 Å². The Balaban J connectivity index is 2.96. The third kappa shape index (κ3) is 1.14. The lowest BCUT2D eigenvalue weighted by Gasteiger charge is -2.05. The van der Waals surface area contributed by atoms with Gasteiger partial charge < -0.3 is 5.11 Å². The van der Waals surface area contributed by atoms with Gasteiger partial charge in [0.2, 0.25) is 0 Å². The number of hydrogen-bond donors (Lipinski definition) is 1. The van der Waals surface area contributed by atoms with Crippen molar-refractivity contribution in [2.75, 3.05) is 0 Å². The molecule has 1 aromatic carbocycles. The number of aryl methyl sites for hydroxylation is 1. The number of para-hydroxylation sites is 1. The van der Waals surface area contributed by atoms with Crippen molar-refractivity contribution in [3.8, 4) is 5.75 Å². The molecule has 2 aromatic rings. The van der Waals surface area contributed by atoms with Crippen molar-refractivity contribution in [2.45, 2.75) is 6.92 Å². The summed E-state index contributed by atoms with van der Waals surface area (Å²) in [6.07, 6.45) is 0.659. The van der Waals surface area contributed by atoms with Crippen LogP contribution >= 0.6 is 0 Å². The SMILES string of the molecule is Cc1nc2ccccc2c(C=O)c1O. The summed E-state index contributed by atoms with van der Waals surface area (Å²) in [5.41, 5.74) is 1.52. The monoisotopic (exact) mass is 187 g/mol. The fraction of sp³-hybridized carbons (Fsp3) is 0.0909. The van der Waals surface area contributed by atoms with E-state index in [-0.39, 0.29) is 5.75 Å². The largest absolute Gasteiger partial charge is 0.505 e. The van der Waals surface area contributed by atoms with Crippen LogP contribution in [-0.4, -0.2) is 16.4 Å². The number of carbonyl (C=O) groups is 1. The molecule has 70 valence electrons. The Kier molecular flexibility index (Phi) is 1.93. The lowest BCUT2D eigenvalue weighted by Crippen LogP contribution is -1.91. The van der Waals surface area contributed by atoms with E-state index in [0.717, 1.165) is 5.52 Å². The molecule has 0 unspecified atom stereocenters. The van der Waals surface area contributed by atoms with Crippen LogP contribution < -0.4 is 0 Å². The Hall–Kier alpha value is -1.90. The molecular weight excluding hydrogens is 178 g/mol. The molecule has 0 saturated carbocycles. The molecule has 0 aliphatic carbocycles. The maximum absolute atomic E-state index is 10.8. The van der Waals surface area contributed by atoms with E-state index in [4.69, 9.17) is 0 Å². The molecule has 14 heavy (non-hydrogen) atoms. The second kappa shape index (κ2) is 3.10. The minimum atomic E-state index is -0.0290. The molecule has 3 nitrogen and oxygen atoms in total. The topological polar surface area (TPSA) is 50.2 Å². The molecule has 0 amide bonds. The maximum atomic E-state index is 10.8. The van der Waals surface area contributed by atoms with Crippen LogP contribution in [0.2, 0.25) is 0 Å². The highest BCUT2D eigenvalue weighted by atomic mass is 16.3. The average Bonchev–Trinajstić information content (AvgIpc) is 2.20. The Labute approximate surface area is 81.0 Å². The van der Waals surface area contributed by atoms with Crippen molar-refractivity contribution >= 4 is 17.2 Å². The normalized spacial score (nSPS) is 10.4. The van der Waals surface area contributed by atoms with Crippen LogP contribution in [-0.2, 0) is 0 Å². The van der Waals surface area contributed by atoms with Crippen LogP contribution in [0, 0.1) is 6.92 Å². The number of carbonyl (C=O) groups excluding carboxylic acids is 1. The van der Waals surface area contributed by atoms with Gasteiger partial charge in [0.25, 0.3) is 0 Å². The third-order valence-electron chi connectivity index (χ3n) is 2.20. The second-order valence-electron chi connectivity index (χ2n) is 3.09. The van der Waals surface area contributed by atoms with Crippen LogP contribution in [0.15, 0.2) is 24.3 Å². The number of hydrogen-bond acceptors (Lipinski definition) is 3. The summed E-state index contributed by atoms with van der Waals surface area (Å²) < 4.78 is 0. The summed E-state index contributed by atoms with van der Waals surface area (Å²) in [6, 6.07) is 7.24. The zero-order valence-electron chi connectivity index (χ0n) is 7.69. The number of nitrogens with zero attached hydrogens (tertiary/aromatic N) is 1. The van der Waals surface area contributed by atoms with Gasteiger partial charge in [-0.3, -0.25) is 4.79 Å². The van der Waals surface area contributed by atoms with Gasteiger partial charge in [0, 0.05) is 5.39 Å². The molecule has 1 aromatic heterocycles. The van der Waals surface area contributed by atoms with E-state index >= 15 is 0 Å². The molecule has 2 rings (SSSR count). The van der Waals surface area contributed by atoms with Crippen LogP contribution in [0.3, 0.4) is 0 Å². The smallest absolute Gasteiger partial charge is 0.154 e. The van der Waals surface area contributed by atoms with Crippen LogP contribution in [0.4, 0.5) is 0 Å². The van der Waals surface area contributed by atoms with E-state index < -0.39 is 0 Å². The molecule has 3 heteroatoms. The molecular formula is C11H9NO2. The van der Waals surface area contributed by atoms with Crippen molar-refractivity contribution in [1.82, 2.24) is 4.98 Å². The van der Waals surface area contributed by atoms with E-state index in [9.17, 15) is 9.90 Å². The minimum absolute atomic E-state index is 0.0290. The molecule has 0 fully saturated rings. The number of aldehydes is 1. The highest BCUT2D eigenvalue weighted by molar-refractivity contribution is 5.99. The van der Waals surface area contributed by atoms with E-state index in [1.165, 1.54) is 0 Å². The van der Waals surface area contributed by atoms with Gasteiger partial charge >= 0.3 is 0 Å². The Morgan fingerprint density at radius 1 is 1.36 bits per heavy atom. The quantitative estimate of drug-likeness (QED) is 0.695. The summed E-state index contributed by atoms with van der Waals surface area (Å²) in [7, 11) is 0. The van der Waals surface area contributed by atoms with Gasteiger partial charge in [-0.05, 0) is 13.0 Å². The van der Waals surface area contributed by atoms with Gasteiger partial charge in [0.05, 0.1) is 16.8 Å². The summed E-state index contributed by atoms with van der Waals surface area (Å²) >= 11 is 0. The highest BCUT2D eigenvalue weighted by Crippen LogP contribution is 2.26. The summed E-state index contributed by atoms with van der Waals surface area (Å²) in [5.74, 6) is -0.0290. The molecule has 1 heterocycles. The fourth-order valence-electron chi connectivity index (χ4n) is 1.47. The van der Waals surface area contributed by atoms with E-state index in [1.54, 1.807) is 13.0 Å². The van der Waals surface area contributed by atoms with E-state index in [1.807, 2.05) is 18.2 Å². The number of pyridine rings is 1. The molecule has 0 atom stereocenters. The van der Waals surface area contributed by atoms with Crippen molar-refractivity contribution < 1.29 is 9.90 Å². The number of fused-ring (bicyclic) bond motifs is 1. The lowest BCUT2D eigenvalue weighted by atomic mass is 10.1. The molecule has 0 radical (unpaired) electrons. The first-order valence-corrected chi connectivity index (χ1v) is 4.27. The Morgan fingerprint density at radius 3 is 2.79 bits per heavy atom. The molecule has 0 aliphatic heterocycles. The summed E-state index contributed by atoms with van der Waals surface area (Å²) in [6.45, 7) is 1.68. The van der Waals surface area contributed by atoms with Gasteiger partial charge in [-0.25, -0.2) is 4.98 Å². The molecule has 0 saturated heterocycles. The molecule has 1 N–H and O–H groups in total. The zero-order valence-corrected chi connectivity index (χ0v) is 7.69. The Bertz CT molecular complexity index is 506. The summed E-state index contributed by atoms with van der Waals surface area (Å²) in [5, 5.41) is 10.3. The van der Waals surface area contributed by atoms with Crippen molar-refractivity contribution in [2.24, 2.45) is 0 Å². The first kappa shape index (κ1) is 8.69. The predicted molar refractivity (Wildman–Crippen MR) is 53.5 cm³/mol. The van der Waals surface area contributed by atoms with E-state index in [2.05, 4.69) is 4.98 Å². The van der Waals surface area contributed by atoms with Crippen LogP contribution in [0.25, 0.3) is 10.9 Å². The fourth-order valence-corrected chi connectivity index (χ4v) is 1.47. The van der Waals surface area contributed by atoms with Crippen molar-refractivity contribution in [1.29, 1.82) is 0 Å². The second-order valence-corrected chi connectivity index (χ2v) is 3.09. The average molecular weight is 187 g/mol. The maximum Gasteiger partial charge on any atom is 0.154 e.